The van der Waals surface area contributed by atoms with Crippen LogP contribution in [-0.2, 0) is 11.2 Å². The average molecular weight is 382 g/mol. The van der Waals surface area contributed by atoms with Gasteiger partial charge in [0.15, 0.2) is 5.96 Å². The maximum atomic E-state index is 5.46. The summed E-state index contributed by atoms with van der Waals surface area (Å²) in [6, 6.07) is 0. The molecule has 0 amide bonds. The molecule has 2 N–H and O–H groups in total. The molecule has 1 aromatic heterocycles. The van der Waals surface area contributed by atoms with Crippen molar-refractivity contribution in [3.63, 3.8) is 0 Å². The van der Waals surface area contributed by atoms with Crippen LogP contribution >= 0.6 is 11.3 Å². The molecule has 148 valence electrons. The van der Waals surface area contributed by atoms with Gasteiger partial charge in [-0.25, -0.2) is 4.98 Å². The van der Waals surface area contributed by atoms with E-state index in [9.17, 15) is 0 Å². The molecule has 0 unspecified atom stereocenters. The third kappa shape index (κ3) is 7.21. The minimum atomic E-state index is 0.0504. The van der Waals surface area contributed by atoms with Crippen molar-refractivity contribution < 1.29 is 4.74 Å². The van der Waals surface area contributed by atoms with Crippen LogP contribution in [0, 0.1) is 6.92 Å². The first-order valence-electron chi connectivity index (χ1n) is 9.77. The Morgan fingerprint density at radius 1 is 1.31 bits per heavy atom. The van der Waals surface area contributed by atoms with Crippen LogP contribution in [-0.4, -0.2) is 67.3 Å². The highest BCUT2D eigenvalue weighted by Gasteiger charge is 2.28. The van der Waals surface area contributed by atoms with E-state index in [-0.39, 0.29) is 5.54 Å². The average Bonchev–Trinajstić information content (AvgIpc) is 3.05. The Hall–Kier alpha value is -1.18. The van der Waals surface area contributed by atoms with Gasteiger partial charge in [-0.1, -0.05) is 0 Å². The van der Waals surface area contributed by atoms with Crippen molar-refractivity contribution in [2.75, 3.05) is 45.9 Å². The third-order valence-corrected chi connectivity index (χ3v) is 5.64. The molecule has 1 aliphatic heterocycles. The molecule has 0 bridgehead atoms. The zero-order valence-corrected chi connectivity index (χ0v) is 17.6. The van der Waals surface area contributed by atoms with Gasteiger partial charge in [0.2, 0.25) is 0 Å². The molecule has 26 heavy (non-hydrogen) atoms. The summed E-state index contributed by atoms with van der Waals surface area (Å²) in [6.07, 6.45) is 3.34. The number of thiazole rings is 1. The van der Waals surface area contributed by atoms with E-state index in [4.69, 9.17) is 9.73 Å². The van der Waals surface area contributed by atoms with Gasteiger partial charge in [-0.15, -0.1) is 11.3 Å². The molecule has 1 fully saturated rings. The predicted molar refractivity (Wildman–Crippen MR) is 110 cm³/mol. The van der Waals surface area contributed by atoms with E-state index in [1.807, 2.05) is 0 Å². The predicted octanol–water partition coefficient (Wildman–Crippen LogP) is 2.44. The molecule has 0 aliphatic carbocycles. The van der Waals surface area contributed by atoms with Gasteiger partial charge in [0.25, 0.3) is 0 Å². The van der Waals surface area contributed by atoms with E-state index in [1.54, 1.807) is 11.3 Å². The largest absolute Gasteiger partial charge is 0.379 e. The Labute approximate surface area is 162 Å². The second-order valence-corrected chi connectivity index (χ2v) is 8.32. The van der Waals surface area contributed by atoms with Gasteiger partial charge in [-0.2, -0.15) is 0 Å². The van der Waals surface area contributed by atoms with Crippen LogP contribution < -0.4 is 10.6 Å². The molecule has 0 aromatic carbocycles. The second-order valence-electron chi connectivity index (χ2n) is 7.37. The summed E-state index contributed by atoms with van der Waals surface area (Å²) >= 11 is 1.77. The lowest BCUT2D eigenvalue weighted by molar-refractivity contribution is -0.00683. The number of aryl methyl sites for hydroxylation is 2. The number of nitrogens with one attached hydrogen (secondary N) is 2. The van der Waals surface area contributed by atoms with Crippen molar-refractivity contribution in [2.24, 2.45) is 4.99 Å². The van der Waals surface area contributed by atoms with Crippen LogP contribution in [0.25, 0.3) is 0 Å². The summed E-state index contributed by atoms with van der Waals surface area (Å²) in [5.41, 5.74) is 1.18. The fraction of sp³-hybridized carbons (Fsp3) is 0.789. The fourth-order valence-corrected chi connectivity index (χ4v) is 3.83. The Kier molecular flexibility index (Phi) is 8.81. The number of nitrogens with zero attached hydrogens (tertiary/aromatic N) is 3. The van der Waals surface area contributed by atoms with E-state index in [0.717, 1.165) is 76.9 Å². The van der Waals surface area contributed by atoms with Crippen molar-refractivity contribution in [3.8, 4) is 0 Å². The molecule has 7 heteroatoms. The minimum Gasteiger partial charge on any atom is -0.379 e. The number of hydrogen-bond acceptors (Lipinski definition) is 5. The van der Waals surface area contributed by atoms with Crippen LogP contribution in [0.15, 0.2) is 10.4 Å². The quantitative estimate of drug-likeness (QED) is 0.391. The maximum absolute atomic E-state index is 5.46. The van der Waals surface area contributed by atoms with Gasteiger partial charge in [-0.05, 0) is 47.0 Å². The first-order chi connectivity index (χ1) is 12.5. The third-order valence-electron chi connectivity index (χ3n) is 4.61. The number of morpholine rings is 1. The van der Waals surface area contributed by atoms with Gasteiger partial charge in [-0.3, -0.25) is 9.89 Å². The van der Waals surface area contributed by atoms with Gasteiger partial charge < -0.3 is 15.4 Å². The van der Waals surface area contributed by atoms with Crippen LogP contribution in [0.4, 0.5) is 0 Å². The van der Waals surface area contributed by atoms with Gasteiger partial charge >= 0.3 is 0 Å². The smallest absolute Gasteiger partial charge is 0.191 e. The highest BCUT2D eigenvalue weighted by molar-refractivity contribution is 7.09. The lowest BCUT2D eigenvalue weighted by Crippen LogP contribution is -2.52. The van der Waals surface area contributed by atoms with E-state index in [1.165, 1.54) is 5.01 Å². The molecule has 1 aliphatic rings. The number of unbranched alkanes of at least 4 members (excludes halogenated alkanes) is 1. The number of rotatable bonds is 9. The summed E-state index contributed by atoms with van der Waals surface area (Å²) in [6.45, 7) is 14.9. The van der Waals surface area contributed by atoms with E-state index < -0.39 is 0 Å². The number of aliphatic imine (C=N–C) groups is 1. The Morgan fingerprint density at radius 2 is 2.08 bits per heavy atom. The Balaban J connectivity index is 1.72. The molecule has 0 spiro atoms. The normalized spacial score (nSPS) is 16.7. The van der Waals surface area contributed by atoms with Crippen LogP contribution in [0.3, 0.4) is 0 Å². The molecular weight excluding hydrogens is 346 g/mol. The molecule has 1 aromatic rings. The molecule has 6 nitrogen and oxygen atoms in total. The molecular formula is C19H35N5OS. The molecule has 2 rings (SSSR count). The Bertz CT molecular complexity index is 552. The molecule has 1 saturated heterocycles. The van der Waals surface area contributed by atoms with Crippen molar-refractivity contribution in [1.29, 1.82) is 0 Å². The minimum absolute atomic E-state index is 0.0504. The monoisotopic (exact) mass is 381 g/mol. The van der Waals surface area contributed by atoms with Crippen molar-refractivity contribution in [2.45, 2.75) is 52.5 Å². The fourth-order valence-electron chi connectivity index (χ4n) is 3.01. The molecule has 0 saturated carbocycles. The summed E-state index contributed by atoms with van der Waals surface area (Å²) in [5.74, 6) is 0.916. The summed E-state index contributed by atoms with van der Waals surface area (Å²) in [7, 11) is 0. The van der Waals surface area contributed by atoms with E-state index in [0.29, 0.717) is 0 Å². The maximum Gasteiger partial charge on any atom is 0.191 e. The molecule has 0 atom stereocenters. The number of ether oxygens (including phenoxy) is 1. The zero-order chi connectivity index (χ0) is 18.8. The first-order valence-corrected chi connectivity index (χ1v) is 10.6. The van der Waals surface area contributed by atoms with Crippen molar-refractivity contribution >= 4 is 17.3 Å². The van der Waals surface area contributed by atoms with Crippen LogP contribution in [0.5, 0.6) is 0 Å². The van der Waals surface area contributed by atoms with Crippen LogP contribution in [0.1, 0.15) is 44.3 Å². The standard InChI is InChI=1S/C19H35N5OS/c1-5-20-18(21-9-7-6-8-17-23-16(2)14-26-17)22-15-19(3,4)24-10-12-25-13-11-24/h14H,5-13,15H2,1-4H3,(H2,20,21,22). The van der Waals surface area contributed by atoms with E-state index in [2.05, 4.69) is 53.6 Å². The lowest BCUT2D eigenvalue weighted by Gasteiger charge is -2.39. The highest BCUT2D eigenvalue weighted by atomic mass is 32.1. The van der Waals surface area contributed by atoms with Crippen LogP contribution in [0.2, 0.25) is 0 Å². The first kappa shape index (κ1) is 21.1. The zero-order valence-electron chi connectivity index (χ0n) is 16.8. The van der Waals surface area contributed by atoms with Crippen molar-refractivity contribution in [1.82, 2.24) is 20.5 Å². The second kappa shape index (κ2) is 10.8. The summed E-state index contributed by atoms with van der Waals surface area (Å²) in [4.78, 5) is 11.8. The topological polar surface area (TPSA) is 61.8 Å². The SMILES string of the molecule is CCNC(=NCC(C)(C)N1CCOCC1)NCCCCc1nc(C)cs1. The van der Waals surface area contributed by atoms with Gasteiger partial charge in [0.1, 0.15) is 0 Å². The lowest BCUT2D eigenvalue weighted by atomic mass is 10.0. The molecule has 2 heterocycles. The number of aromatic nitrogens is 1. The number of guanidine groups is 1. The summed E-state index contributed by atoms with van der Waals surface area (Å²) in [5, 5.41) is 10.2. The van der Waals surface area contributed by atoms with E-state index >= 15 is 0 Å². The highest BCUT2D eigenvalue weighted by Crippen LogP contribution is 2.16. The molecule has 0 radical (unpaired) electrons. The number of hydrogen-bond donors (Lipinski definition) is 2. The van der Waals surface area contributed by atoms with Gasteiger partial charge in [0, 0.05) is 42.8 Å². The summed E-state index contributed by atoms with van der Waals surface area (Å²) < 4.78 is 5.46. The Morgan fingerprint density at radius 3 is 2.73 bits per heavy atom. The van der Waals surface area contributed by atoms with Crippen molar-refractivity contribution in [3.05, 3.63) is 16.1 Å². The van der Waals surface area contributed by atoms with Gasteiger partial charge in [0.05, 0.1) is 24.8 Å².